The number of carbonyl (C=O) groups excluding carboxylic acids is 3. The minimum Gasteiger partial charge on any atom is -0.462 e. The van der Waals surface area contributed by atoms with E-state index in [9.17, 15) is 14.4 Å². The van der Waals surface area contributed by atoms with Crippen LogP contribution in [-0.4, -0.2) is 31.4 Å². The van der Waals surface area contributed by atoms with Crippen molar-refractivity contribution in [1.29, 1.82) is 0 Å². The third kappa shape index (κ3) is 4.55. The number of ether oxygens (including phenoxy) is 1. The Hall–Kier alpha value is -2.45. The Bertz CT molecular complexity index is 807. The first kappa shape index (κ1) is 18.9. The van der Waals surface area contributed by atoms with Gasteiger partial charge in [-0.05, 0) is 36.9 Å². The van der Waals surface area contributed by atoms with Gasteiger partial charge in [-0.25, -0.2) is 4.79 Å². The molecule has 0 aliphatic rings. The highest BCUT2D eigenvalue weighted by atomic mass is 32.1. The van der Waals surface area contributed by atoms with Gasteiger partial charge in [-0.2, -0.15) is 0 Å². The molecule has 132 valence electrons. The first-order valence-corrected chi connectivity index (χ1v) is 9.22. The number of amides is 2. The fraction of sp³-hybridized carbons (Fsp3) is 0.235. The van der Waals surface area contributed by atoms with Gasteiger partial charge >= 0.3 is 5.97 Å². The van der Waals surface area contributed by atoms with Gasteiger partial charge < -0.3 is 15.4 Å². The van der Waals surface area contributed by atoms with Gasteiger partial charge in [0.2, 0.25) is 5.91 Å². The molecule has 0 atom stereocenters. The minimum atomic E-state index is -0.509. The minimum absolute atomic E-state index is 0.233. The molecule has 0 saturated heterocycles. The van der Waals surface area contributed by atoms with Crippen molar-refractivity contribution in [1.82, 2.24) is 5.32 Å². The number of hydrogen-bond acceptors (Lipinski definition) is 6. The van der Waals surface area contributed by atoms with Crippen molar-refractivity contribution >= 4 is 51.5 Å². The monoisotopic (exact) mass is 378 g/mol. The molecule has 2 aromatic rings. The van der Waals surface area contributed by atoms with E-state index in [4.69, 9.17) is 4.74 Å². The van der Waals surface area contributed by atoms with Gasteiger partial charge in [0.15, 0.2) is 0 Å². The third-order valence-electron chi connectivity index (χ3n) is 3.24. The number of rotatable bonds is 6. The van der Waals surface area contributed by atoms with Gasteiger partial charge in [-0.15, -0.1) is 22.7 Å². The van der Waals surface area contributed by atoms with E-state index in [0.29, 0.717) is 15.4 Å². The molecule has 2 heterocycles. The average molecular weight is 378 g/mol. The summed E-state index contributed by atoms with van der Waals surface area (Å²) in [5, 5.41) is 7.43. The molecule has 0 spiro atoms. The number of thiophene rings is 2. The Kier molecular flexibility index (Phi) is 6.49. The van der Waals surface area contributed by atoms with Crippen molar-refractivity contribution in [3.63, 3.8) is 0 Å². The van der Waals surface area contributed by atoms with Crippen LogP contribution in [0.15, 0.2) is 23.6 Å². The van der Waals surface area contributed by atoms with Crippen LogP contribution < -0.4 is 10.6 Å². The summed E-state index contributed by atoms with van der Waals surface area (Å²) < 4.78 is 5.01. The molecule has 0 aromatic carbocycles. The van der Waals surface area contributed by atoms with E-state index in [0.717, 1.165) is 16.2 Å². The average Bonchev–Trinajstić information content (AvgIpc) is 3.20. The first-order chi connectivity index (χ1) is 12.0. The van der Waals surface area contributed by atoms with E-state index in [2.05, 4.69) is 10.6 Å². The predicted octanol–water partition coefficient (Wildman–Crippen LogP) is 3.31. The molecule has 2 aromatic heterocycles. The van der Waals surface area contributed by atoms with Crippen LogP contribution in [0.4, 0.5) is 5.00 Å². The van der Waals surface area contributed by atoms with Crippen LogP contribution in [0.3, 0.4) is 0 Å². The first-order valence-electron chi connectivity index (χ1n) is 7.53. The Labute approximate surface area is 153 Å². The maximum absolute atomic E-state index is 12.2. The second kappa shape index (κ2) is 8.59. The summed E-state index contributed by atoms with van der Waals surface area (Å²) in [4.78, 5) is 37.6. The highest BCUT2D eigenvalue weighted by Gasteiger charge is 2.25. The Morgan fingerprint density at radius 3 is 2.68 bits per heavy atom. The molecule has 6 nitrogen and oxygen atoms in total. The van der Waals surface area contributed by atoms with E-state index in [1.807, 2.05) is 17.5 Å². The quantitative estimate of drug-likeness (QED) is 0.597. The van der Waals surface area contributed by atoms with Gasteiger partial charge in [-0.3, -0.25) is 9.59 Å². The van der Waals surface area contributed by atoms with Crippen molar-refractivity contribution in [2.75, 3.05) is 19.0 Å². The summed E-state index contributed by atoms with van der Waals surface area (Å²) in [6.07, 6.45) is 3.07. The van der Waals surface area contributed by atoms with Crippen molar-refractivity contribution < 1.29 is 19.1 Å². The normalized spacial score (nSPS) is 10.7. The molecule has 2 N–H and O–H groups in total. The largest absolute Gasteiger partial charge is 0.462 e. The summed E-state index contributed by atoms with van der Waals surface area (Å²) in [6, 6.07) is 3.78. The van der Waals surface area contributed by atoms with Gasteiger partial charge in [0.05, 0.1) is 12.2 Å². The van der Waals surface area contributed by atoms with Crippen LogP contribution in [0, 0.1) is 6.92 Å². The third-order valence-corrected chi connectivity index (χ3v) is 5.27. The van der Waals surface area contributed by atoms with Crippen LogP contribution in [0.2, 0.25) is 0 Å². The van der Waals surface area contributed by atoms with Crippen molar-refractivity contribution in [3.05, 3.63) is 44.5 Å². The van der Waals surface area contributed by atoms with Gasteiger partial charge in [-0.1, -0.05) is 6.07 Å². The summed E-state index contributed by atoms with van der Waals surface area (Å²) in [5.41, 5.74) is 0.758. The molecule has 0 aliphatic heterocycles. The smallest absolute Gasteiger partial charge is 0.348 e. The maximum atomic E-state index is 12.2. The van der Waals surface area contributed by atoms with Crippen LogP contribution in [0.25, 0.3) is 6.08 Å². The molecular formula is C17H18N2O4S2. The second-order valence-electron chi connectivity index (χ2n) is 4.90. The van der Waals surface area contributed by atoms with Gasteiger partial charge in [0.1, 0.15) is 9.88 Å². The fourth-order valence-electron chi connectivity index (χ4n) is 2.09. The molecule has 25 heavy (non-hydrogen) atoms. The van der Waals surface area contributed by atoms with E-state index in [1.165, 1.54) is 24.5 Å². The molecule has 0 bridgehead atoms. The van der Waals surface area contributed by atoms with Gasteiger partial charge in [0.25, 0.3) is 5.91 Å². The highest BCUT2D eigenvalue weighted by Crippen LogP contribution is 2.33. The second-order valence-corrected chi connectivity index (χ2v) is 6.90. The molecule has 2 rings (SSSR count). The van der Waals surface area contributed by atoms with E-state index in [1.54, 1.807) is 19.9 Å². The van der Waals surface area contributed by atoms with Crippen molar-refractivity contribution in [2.45, 2.75) is 13.8 Å². The number of carbonyl (C=O) groups is 3. The Morgan fingerprint density at radius 1 is 1.32 bits per heavy atom. The number of anilines is 1. The molecule has 8 heteroatoms. The van der Waals surface area contributed by atoms with Crippen LogP contribution >= 0.6 is 22.7 Å². The predicted molar refractivity (Wildman–Crippen MR) is 100 cm³/mol. The van der Waals surface area contributed by atoms with E-state index in [-0.39, 0.29) is 24.0 Å². The van der Waals surface area contributed by atoms with Crippen LogP contribution in [0.1, 0.15) is 37.4 Å². The highest BCUT2D eigenvalue weighted by molar-refractivity contribution is 7.18. The lowest BCUT2D eigenvalue weighted by atomic mass is 10.1. The zero-order chi connectivity index (χ0) is 18.4. The molecule has 0 unspecified atom stereocenters. The summed E-state index contributed by atoms with van der Waals surface area (Å²) >= 11 is 2.54. The van der Waals surface area contributed by atoms with Crippen LogP contribution in [-0.2, 0) is 9.53 Å². The Balaban J connectivity index is 2.28. The fourth-order valence-corrected chi connectivity index (χ4v) is 3.81. The molecule has 2 amide bonds. The maximum Gasteiger partial charge on any atom is 0.348 e. The SMILES string of the molecule is CCOC(=O)c1sc(NC(=O)/C=C/c2cccs2)c(C(=O)NC)c1C. The molecule has 0 radical (unpaired) electrons. The number of esters is 1. The summed E-state index contributed by atoms with van der Waals surface area (Å²) in [5.74, 6) is -1.26. The van der Waals surface area contributed by atoms with Crippen molar-refractivity contribution in [3.8, 4) is 0 Å². The van der Waals surface area contributed by atoms with Gasteiger partial charge in [0, 0.05) is 18.0 Å². The molecule has 0 fully saturated rings. The number of nitrogens with one attached hydrogen (secondary N) is 2. The lowest BCUT2D eigenvalue weighted by Gasteiger charge is -2.04. The summed E-state index contributed by atoms with van der Waals surface area (Å²) in [6.45, 7) is 3.60. The molecule has 0 saturated carbocycles. The van der Waals surface area contributed by atoms with E-state index < -0.39 is 5.97 Å². The number of hydrogen-bond donors (Lipinski definition) is 2. The lowest BCUT2D eigenvalue weighted by Crippen LogP contribution is -2.20. The zero-order valence-corrected chi connectivity index (χ0v) is 15.7. The molecule has 0 aliphatic carbocycles. The molecular weight excluding hydrogens is 360 g/mol. The zero-order valence-electron chi connectivity index (χ0n) is 14.0. The summed E-state index contributed by atoms with van der Waals surface area (Å²) in [7, 11) is 1.49. The van der Waals surface area contributed by atoms with Crippen molar-refractivity contribution in [2.24, 2.45) is 0 Å². The standard InChI is InChI=1S/C17H18N2O4S2/c1-4-23-17(22)14-10(2)13(15(21)18-3)16(25-14)19-12(20)8-7-11-6-5-9-24-11/h5-9H,4H2,1-3H3,(H,18,21)(H,19,20)/b8-7+. The Morgan fingerprint density at radius 2 is 2.08 bits per heavy atom. The lowest BCUT2D eigenvalue weighted by molar-refractivity contribution is -0.111. The topological polar surface area (TPSA) is 84.5 Å². The van der Waals surface area contributed by atoms with Crippen LogP contribution in [0.5, 0.6) is 0 Å². The van der Waals surface area contributed by atoms with E-state index >= 15 is 0 Å².